The SMILES string of the molecule is COCC1(NC(=O)c2ccc(-c3cnc4ncc(Cc5ccc6ncccc6c5)n4n3)cc2F)CCC1. The van der Waals surface area contributed by atoms with Crippen molar-refractivity contribution in [1.29, 1.82) is 0 Å². The first kappa shape index (κ1) is 23.2. The van der Waals surface area contributed by atoms with Gasteiger partial charge in [-0.2, -0.15) is 5.10 Å². The summed E-state index contributed by atoms with van der Waals surface area (Å²) in [5.41, 5.74) is 3.47. The molecule has 6 rings (SSSR count). The largest absolute Gasteiger partial charge is 0.382 e. The summed E-state index contributed by atoms with van der Waals surface area (Å²) in [4.78, 5) is 25.9. The van der Waals surface area contributed by atoms with Crippen LogP contribution in [0.25, 0.3) is 27.9 Å². The number of fused-ring (bicyclic) bond motifs is 2. The van der Waals surface area contributed by atoms with Gasteiger partial charge in [0.2, 0.25) is 0 Å². The molecule has 0 aliphatic heterocycles. The molecule has 0 saturated heterocycles. The standard InChI is InChI=1S/C28H25FN6O2/c1-37-17-28(9-3-10-28)33-26(36)22-7-6-20(14-23(22)29)25-16-32-27-31-15-21(35(27)34-25)13-18-5-8-24-19(12-18)4-2-11-30-24/h2,4-8,11-12,14-16H,3,9-10,13,17H2,1H3,(H,33,36). The molecule has 9 heteroatoms. The van der Waals surface area contributed by atoms with Crippen molar-refractivity contribution in [2.45, 2.75) is 31.2 Å². The summed E-state index contributed by atoms with van der Waals surface area (Å²) in [6, 6.07) is 14.6. The lowest BCUT2D eigenvalue weighted by molar-refractivity contribution is 0.0474. The van der Waals surface area contributed by atoms with Crippen LogP contribution < -0.4 is 5.32 Å². The van der Waals surface area contributed by atoms with Crippen LogP contribution in [0, 0.1) is 5.82 Å². The number of rotatable bonds is 7. The maximum absolute atomic E-state index is 15.1. The molecule has 5 aromatic rings. The third-order valence-corrected chi connectivity index (χ3v) is 6.97. The van der Waals surface area contributed by atoms with E-state index in [9.17, 15) is 4.79 Å². The number of nitrogens with zero attached hydrogens (tertiary/aromatic N) is 5. The highest BCUT2D eigenvalue weighted by Gasteiger charge is 2.39. The number of nitrogens with one attached hydrogen (secondary N) is 1. The molecular formula is C28H25FN6O2. The summed E-state index contributed by atoms with van der Waals surface area (Å²) in [5, 5.41) is 8.70. The lowest BCUT2D eigenvalue weighted by Gasteiger charge is -2.41. The number of carbonyl (C=O) groups excluding carboxylic acids is 1. The van der Waals surface area contributed by atoms with E-state index in [0.717, 1.165) is 41.4 Å². The van der Waals surface area contributed by atoms with Gasteiger partial charge in [-0.1, -0.05) is 18.2 Å². The number of amides is 1. The minimum absolute atomic E-state index is 0.00530. The van der Waals surface area contributed by atoms with Gasteiger partial charge in [-0.25, -0.2) is 18.9 Å². The normalized spacial score (nSPS) is 14.5. The minimum atomic E-state index is -0.612. The summed E-state index contributed by atoms with van der Waals surface area (Å²) in [6.07, 6.45) is 8.34. The number of ether oxygens (including phenoxy) is 1. The number of carbonyl (C=O) groups is 1. The van der Waals surface area contributed by atoms with Crippen LogP contribution in [-0.2, 0) is 11.2 Å². The Balaban J connectivity index is 1.26. The quantitative estimate of drug-likeness (QED) is 0.360. The summed E-state index contributed by atoms with van der Waals surface area (Å²) in [7, 11) is 1.60. The Morgan fingerprint density at radius 2 is 1.97 bits per heavy atom. The number of imidazole rings is 1. The first-order chi connectivity index (χ1) is 18.0. The van der Waals surface area contributed by atoms with Crippen LogP contribution >= 0.6 is 0 Å². The highest BCUT2D eigenvalue weighted by Crippen LogP contribution is 2.32. The third-order valence-electron chi connectivity index (χ3n) is 6.97. The van der Waals surface area contributed by atoms with Gasteiger partial charge in [-0.3, -0.25) is 9.78 Å². The van der Waals surface area contributed by atoms with E-state index in [1.54, 1.807) is 36.3 Å². The zero-order valence-corrected chi connectivity index (χ0v) is 20.3. The Bertz CT molecular complexity index is 1630. The van der Waals surface area contributed by atoms with E-state index in [1.807, 2.05) is 24.3 Å². The highest BCUT2D eigenvalue weighted by atomic mass is 19.1. The molecule has 1 fully saturated rings. The first-order valence-electron chi connectivity index (χ1n) is 12.2. The predicted molar refractivity (Wildman–Crippen MR) is 137 cm³/mol. The Morgan fingerprint density at radius 1 is 1.11 bits per heavy atom. The lowest BCUT2D eigenvalue weighted by Crippen LogP contribution is -2.56. The second-order valence-electron chi connectivity index (χ2n) is 9.53. The molecule has 37 heavy (non-hydrogen) atoms. The van der Waals surface area contributed by atoms with E-state index < -0.39 is 17.3 Å². The van der Waals surface area contributed by atoms with Crippen LogP contribution in [0.2, 0.25) is 0 Å². The maximum atomic E-state index is 15.1. The van der Waals surface area contributed by atoms with Crippen LogP contribution in [0.5, 0.6) is 0 Å². The van der Waals surface area contributed by atoms with Crippen molar-refractivity contribution in [3.05, 3.63) is 89.8 Å². The van der Waals surface area contributed by atoms with Gasteiger partial charge >= 0.3 is 0 Å². The average Bonchev–Trinajstić information content (AvgIpc) is 3.29. The monoisotopic (exact) mass is 496 g/mol. The molecule has 0 unspecified atom stereocenters. The molecule has 1 aliphatic rings. The molecule has 1 aliphatic carbocycles. The topological polar surface area (TPSA) is 94.3 Å². The molecule has 1 N–H and O–H groups in total. The predicted octanol–water partition coefficient (Wildman–Crippen LogP) is 4.37. The molecule has 8 nitrogen and oxygen atoms in total. The number of hydrogen-bond acceptors (Lipinski definition) is 6. The lowest BCUT2D eigenvalue weighted by atomic mass is 9.77. The molecule has 3 aromatic heterocycles. The molecule has 1 saturated carbocycles. The average molecular weight is 497 g/mol. The Morgan fingerprint density at radius 3 is 2.76 bits per heavy atom. The van der Waals surface area contributed by atoms with Crippen LogP contribution in [0.3, 0.4) is 0 Å². The summed E-state index contributed by atoms with van der Waals surface area (Å²) in [5.74, 6) is -0.592. The molecule has 0 bridgehead atoms. The van der Waals surface area contributed by atoms with Gasteiger partial charge in [0, 0.05) is 30.7 Å². The van der Waals surface area contributed by atoms with Crippen molar-refractivity contribution in [2.24, 2.45) is 0 Å². The van der Waals surface area contributed by atoms with E-state index in [4.69, 9.17) is 4.74 Å². The molecule has 3 heterocycles. The maximum Gasteiger partial charge on any atom is 0.254 e. The van der Waals surface area contributed by atoms with Crippen molar-refractivity contribution in [2.75, 3.05) is 13.7 Å². The Kier molecular flexibility index (Phi) is 5.84. The van der Waals surface area contributed by atoms with Gasteiger partial charge in [-0.05, 0) is 55.2 Å². The second-order valence-corrected chi connectivity index (χ2v) is 9.53. The van der Waals surface area contributed by atoms with E-state index >= 15 is 4.39 Å². The van der Waals surface area contributed by atoms with Gasteiger partial charge in [0.15, 0.2) is 0 Å². The van der Waals surface area contributed by atoms with E-state index in [2.05, 4.69) is 31.4 Å². The Hall–Kier alpha value is -4.24. The van der Waals surface area contributed by atoms with Crippen molar-refractivity contribution < 1.29 is 13.9 Å². The van der Waals surface area contributed by atoms with Crippen LogP contribution in [0.1, 0.15) is 40.9 Å². The number of methoxy groups -OCH3 is 1. The molecule has 1 amide bonds. The fraction of sp³-hybridized carbons (Fsp3) is 0.250. The molecule has 2 aromatic carbocycles. The zero-order chi connectivity index (χ0) is 25.4. The van der Waals surface area contributed by atoms with Crippen LogP contribution in [-0.4, -0.2) is 49.7 Å². The van der Waals surface area contributed by atoms with Crippen molar-refractivity contribution in [3.63, 3.8) is 0 Å². The fourth-order valence-corrected chi connectivity index (χ4v) is 4.87. The van der Waals surface area contributed by atoms with Gasteiger partial charge in [0.25, 0.3) is 11.7 Å². The van der Waals surface area contributed by atoms with Gasteiger partial charge in [-0.15, -0.1) is 0 Å². The second kappa shape index (κ2) is 9.33. The molecular weight excluding hydrogens is 471 g/mol. The molecule has 0 spiro atoms. The van der Waals surface area contributed by atoms with Crippen molar-refractivity contribution in [3.8, 4) is 11.3 Å². The fourth-order valence-electron chi connectivity index (χ4n) is 4.87. The third kappa shape index (κ3) is 4.42. The summed E-state index contributed by atoms with van der Waals surface area (Å²) >= 11 is 0. The van der Waals surface area contributed by atoms with E-state index in [-0.39, 0.29) is 5.56 Å². The molecule has 186 valence electrons. The molecule has 0 atom stereocenters. The van der Waals surface area contributed by atoms with Crippen LogP contribution in [0.15, 0.2) is 67.1 Å². The number of benzene rings is 2. The van der Waals surface area contributed by atoms with Gasteiger partial charge in [0.1, 0.15) is 11.5 Å². The summed E-state index contributed by atoms with van der Waals surface area (Å²) in [6.45, 7) is 0.414. The van der Waals surface area contributed by atoms with Crippen molar-refractivity contribution in [1.82, 2.24) is 29.9 Å². The van der Waals surface area contributed by atoms with Crippen LogP contribution in [0.4, 0.5) is 4.39 Å². The van der Waals surface area contributed by atoms with E-state index in [0.29, 0.717) is 30.1 Å². The number of aromatic nitrogens is 5. The number of halogens is 1. The zero-order valence-electron chi connectivity index (χ0n) is 20.3. The first-order valence-corrected chi connectivity index (χ1v) is 12.2. The minimum Gasteiger partial charge on any atom is -0.382 e. The van der Waals surface area contributed by atoms with Gasteiger partial charge < -0.3 is 10.1 Å². The number of hydrogen-bond donors (Lipinski definition) is 1. The van der Waals surface area contributed by atoms with Crippen molar-refractivity contribution >= 4 is 22.6 Å². The smallest absolute Gasteiger partial charge is 0.254 e. The molecule has 0 radical (unpaired) electrons. The van der Waals surface area contributed by atoms with Gasteiger partial charge in [0.05, 0.1) is 41.3 Å². The highest BCUT2D eigenvalue weighted by molar-refractivity contribution is 5.95. The Labute approximate surface area is 212 Å². The van der Waals surface area contributed by atoms with E-state index in [1.165, 1.54) is 12.1 Å². The summed E-state index contributed by atoms with van der Waals surface area (Å²) < 4.78 is 22.0. The number of pyridine rings is 1.